The van der Waals surface area contributed by atoms with Crippen molar-refractivity contribution in [2.45, 2.75) is 26.3 Å². The predicted molar refractivity (Wildman–Crippen MR) is 91.3 cm³/mol. The quantitative estimate of drug-likeness (QED) is 0.343. The molecule has 136 valence electrons. The Balaban J connectivity index is 2.66. The van der Waals surface area contributed by atoms with Gasteiger partial charge in [-0.3, -0.25) is 14.4 Å². The molecule has 1 rings (SSSR count). The summed E-state index contributed by atoms with van der Waals surface area (Å²) in [5.41, 5.74) is 7.75. The molecule has 4 N–H and O–H groups in total. The van der Waals surface area contributed by atoms with Crippen LogP contribution in [0.15, 0.2) is 23.3 Å². The summed E-state index contributed by atoms with van der Waals surface area (Å²) < 4.78 is 10.3. The van der Waals surface area contributed by atoms with Crippen LogP contribution in [0.4, 0.5) is 0 Å². The van der Waals surface area contributed by atoms with E-state index in [4.69, 9.17) is 15.2 Å². The number of nitrogens with two attached hydrogens (primary N) is 1. The molecule has 1 aromatic rings. The lowest BCUT2D eigenvalue weighted by molar-refractivity contribution is -0.139. The number of primary amides is 1. The molecule has 0 bridgehead atoms. The molecule has 0 spiro atoms. The Labute approximate surface area is 145 Å². The Morgan fingerprint density at radius 1 is 1.28 bits per heavy atom. The largest absolute Gasteiger partial charge is 0.493 e. The molecule has 1 aromatic carbocycles. The molecule has 3 amide bonds. The van der Waals surface area contributed by atoms with E-state index in [9.17, 15) is 14.4 Å². The number of nitrogens with one attached hydrogen (secondary N) is 2. The van der Waals surface area contributed by atoms with E-state index in [1.807, 2.05) is 6.92 Å². The van der Waals surface area contributed by atoms with Gasteiger partial charge in [0.1, 0.15) is 0 Å². The third-order valence-corrected chi connectivity index (χ3v) is 3.13. The fourth-order valence-electron chi connectivity index (χ4n) is 1.64. The van der Waals surface area contributed by atoms with Crippen molar-refractivity contribution < 1.29 is 23.9 Å². The number of methoxy groups -OCH3 is 1. The van der Waals surface area contributed by atoms with Gasteiger partial charge in [0.25, 0.3) is 5.91 Å². The Morgan fingerprint density at radius 2 is 2.00 bits per heavy atom. The normalized spacial score (nSPS) is 11.6. The van der Waals surface area contributed by atoms with E-state index in [0.29, 0.717) is 23.5 Å². The highest BCUT2D eigenvalue weighted by atomic mass is 16.5. The summed E-state index contributed by atoms with van der Waals surface area (Å²) in [7, 11) is 1.44. The molecule has 0 aliphatic heterocycles. The minimum absolute atomic E-state index is 0.0977. The van der Waals surface area contributed by atoms with Gasteiger partial charge in [0.15, 0.2) is 18.1 Å². The summed E-state index contributed by atoms with van der Waals surface area (Å²) in [4.78, 5) is 33.9. The van der Waals surface area contributed by atoms with Gasteiger partial charge in [-0.25, -0.2) is 5.43 Å². The molecular weight excluding hydrogens is 328 g/mol. The third kappa shape index (κ3) is 6.90. The van der Waals surface area contributed by atoms with Gasteiger partial charge in [-0.2, -0.15) is 5.10 Å². The average Bonchev–Trinajstić information content (AvgIpc) is 2.59. The highest BCUT2D eigenvalue weighted by Gasteiger charge is 2.14. The van der Waals surface area contributed by atoms with Crippen molar-refractivity contribution in [1.29, 1.82) is 0 Å². The van der Waals surface area contributed by atoms with Crippen LogP contribution in [0.2, 0.25) is 0 Å². The lowest BCUT2D eigenvalue weighted by Crippen LogP contribution is -2.41. The second-order valence-corrected chi connectivity index (χ2v) is 5.15. The Kier molecular flexibility index (Phi) is 7.91. The van der Waals surface area contributed by atoms with Crippen molar-refractivity contribution in [3.63, 3.8) is 0 Å². The van der Waals surface area contributed by atoms with Crippen LogP contribution in [0, 0.1) is 0 Å². The lowest BCUT2D eigenvalue weighted by atomic mass is 10.2. The molecule has 0 heterocycles. The summed E-state index contributed by atoms with van der Waals surface area (Å²) in [5.74, 6) is -1.50. The number of carbonyl (C=O) groups excluding carboxylic acids is 3. The molecule has 9 heteroatoms. The van der Waals surface area contributed by atoms with E-state index >= 15 is 0 Å². The van der Waals surface area contributed by atoms with Gasteiger partial charge in [-0.15, -0.1) is 0 Å². The van der Waals surface area contributed by atoms with E-state index < -0.39 is 17.7 Å². The number of benzene rings is 1. The van der Waals surface area contributed by atoms with Gasteiger partial charge in [-0.05, 0) is 37.1 Å². The number of hydrogen-bond donors (Lipinski definition) is 3. The van der Waals surface area contributed by atoms with Crippen LogP contribution in [0.25, 0.3) is 0 Å². The number of ether oxygens (including phenoxy) is 2. The molecule has 0 aliphatic rings. The standard InChI is InChI=1S/C16H22N4O5/c1-4-10(2)19-15(22)16(23)20-18-8-11-5-6-12(13(7-11)24-3)25-9-14(17)21/h5-8,10H,4,9H2,1-3H3,(H2,17,21)(H,19,22)(H,20,23)/b18-8-/t10-/m0/s1. The second-order valence-electron chi connectivity index (χ2n) is 5.15. The molecule has 0 saturated carbocycles. The second kappa shape index (κ2) is 9.91. The van der Waals surface area contributed by atoms with Crippen molar-refractivity contribution in [1.82, 2.24) is 10.7 Å². The number of hydrogen-bond acceptors (Lipinski definition) is 6. The van der Waals surface area contributed by atoms with E-state index in [1.165, 1.54) is 13.3 Å². The average molecular weight is 350 g/mol. The van der Waals surface area contributed by atoms with E-state index in [1.54, 1.807) is 25.1 Å². The molecule has 0 unspecified atom stereocenters. The first-order valence-electron chi connectivity index (χ1n) is 7.60. The van der Waals surface area contributed by atoms with Gasteiger partial charge in [0, 0.05) is 6.04 Å². The van der Waals surface area contributed by atoms with Crippen LogP contribution >= 0.6 is 0 Å². The number of carbonyl (C=O) groups is 3. The summed E-state index contributed by atoms with van der Waals surface area (Å²) >= 11 is 0. The maximum Gasteiger partial charge on any atom is 0.329 e. The molecule has 0 saturated heterocycles. The molecule has 25 heavy (non-hydrogen) atoms. The first-order valence-corrected chi connectivity index (χ1v) is 7.60. The highest BCUT2D eigenvalue weighted by Crippen LogP contribution is 2.27. The zero-order valence-electron chi connectivity index (χ0n) is 14.4. The smallest absolute Gasteiger partial charge is 0.329 e. The molecule has 0 fully saturated rings. The fourth-order valence-corrected chi connectivity index (χ4v) is 1.64. The van der Waals surface area contributed by atoms with Gasteiger partial charge >= 0.3 is 11.8 Å². The van der Waals surface area contributed by atoms with Crippen molar-refractivity contribution in [3.8, 4) is 11.5 Å². The molecule has 0 radical (unpaired) electrons. The molecular formula is C16H22N4O5. The van der Waals surface area contributed by atoms with Crippen molar-refractivity contribution in [3.05, 3.63) is 23.8 Å². The number of nitrogens with zero attached hydrogens (tertiary/aromatic N) is 1. The fraction of sp³-hybridized carbons (Fsp3) is 0.375. The first-order chi connectivity index (χ1) is 11.9. The maximum absolute atomic E-state index is 11.6. The topological polar surface area (TPSA) is 132 Å². The van der Waals surface area contributed by atoms with Crippen molar-refractivity contribution in [2.24, 2.45) is 10.8 Å². The van der Waals surface area contributed by atoms with Crippen LogP contribution in [0.5, 0.6) is 11.5 Å². The van der Waals surface area contributed by atoms with E-state index in [-0.39, 0.29) is 12.6 Å². The van der Waals surface area contributed by atoms with Crippen LogP contribution in [-0.4, -0.2) is 43.7 Å². The number of rotatable bonds is 8. The monoisotopic (exact) mass is 350 g/mol. The van der Waals surface area contributed by atoms with Gasteiger partial charge in [0.05, 0.1) is 13.3 Å². The van der Waals surface area contributed by atoms with Crippen LogP contribution in [0.3, 0.4) is 0 Å². The summed E-state index contributed by atoms with van der Waals surface area (Å²) in [5, 5.41) is 6.25. The lowest BCUT2D eigenvalue weighted by Gasteiger charge is -2.10. The minimum Gasteiger partial charge on any atom is -0.493 e. The highest BCUT2D eigenvalue weighted by molar-refractivity contribution is 6.35. The summed E-state index contributed by atoms with van der Waals surface area (Å²) in [6.07, 6.45) is 2.06. The number of amides is 3. The van der Waals surface area contributed by atoms with Crippen LogP contribution in [-0.2, 0) is 14.4 Å². The maximum atomic E-state index is 11.6. The van der Waals surface area contributed by atoms with Gasteiger partial charge in [0.2, 0.25) is 0 Å². The SMILES string of the molecule is CC[C@H](C)NC(=O)C(=O)N/N=C\c1ccc(OCC(N)=O)c(OC)c1. The van der Waals surface area contributed by atoms with Crippen LogP contribution < -0.4 is 25.9 Å². The zero-order valence-corrected chi connectivity index (χ0v) is 14.4. The van der Waals surface area contributed by atoms with Gasteiger partial charge in [-0.1, -0.05) is 6.92 Å². The van der Waals surface area contributed by atoms with Crippen molar-refractivity contribution >= 4 is 23.9 Å². The third-order valence-electron chi connectivity index (χ3n) is 3.13. The summed E-state index contributed by atoms with van der Waals surface area (Å²) in [6, 6.07) is 4.69. The Hall–Kier alpha value is -3.10. The molecule has 0 aromatic heterocycles. The molecule has 9 nitrogen and oxygen atoms in total. The minimum atomic E-state index is -0.857. The molecule has 1 atom stereocenters. The van der Waals surface area contributed by atoms with E-state index in [2.05, 4.69) is 15.8 Å². The molecule has 0 aliphatic carbocycles. The zero-order chi connectivity index (χ0) is 18.8. The Bertz CT molecular complexity index is 660. The van der Waals surface area contributed by atoms with E-state index in [0.717, 1.165) is 0 Å². The predicted octanol–water partition coefficient (Wildman–Crippen LogP) is -0.0759. The van der Waals surface area contributed by atoms with Gasteiger partial charge < -0.3 is 20.5 Å². The van der Waals surface area contributed by atoms with Crippen LogP contribution in [0.1, 0.15) is 25.8 Å². The summed E-state index contributed by atoms with van der Waals surface area (Å²) in [6.45, 7) is 3.42. The van der Waals surface area contributed by atoms with Crippen molar-refractivity contribution in [2.75, 3.05) is 13.7 Å². The number of hydrazone groups is 1. The Morgan fingerprint density at radius 3 is 2.60 bits per heavy atom. The first kappa shape index (κ1) is 19.9.